The van der Waals surface area contributed by atoms with Crippen LogP contribution in [0.2, 0.25) is 0 Å². The monoisotopic (exact) mass is 357 g/mol. The van der Waals surface area contributed by atoms with Crippen molar-refractivity contribution in [1.29, 1.82) is 0 Å². The molecule has 0 saturated heterocycles. The third-order valence-corrected chi connectivity index (χ3v) is 4.43. The lowest BCUT2D eigenvalue weighted by Crippen LogP contribution is -2.01. The molecule has 0 spiro atoms. The zero-order valence-electron chi connectivity index (χ0n) is 13.6. The van der Waals surface area contributed by atoms with E-state index in [1.807, 2.05) is 36.4 Å². The topological polar surface area (TPSA) is 47.0 Å². The summed E-state index contributed by atoms with van der Waals surface area (Å²) < 4.78 is 5.93. The molecule has 0 aliphatic heterocycles. The second-order valence-corrected chi connectivity index (χ2v) is 7.05. The van der Waals surface area contributed by atoms with Gasteiger partial charge in [0.15, 0.2) is 16.7 Å². The van der Waals surface area contributed by atoms with Gasteiger partial charge in [-0.25, -0.2) is 9.97 Å². The molecule has 2 aromatic heterocycles. The molecule has 0 unspecified atom stereocenters. The van der Waals surface area contributed by atoms with Gasteiger partial charge in [0.05, 0.1) is 5.69 Å². The lowest BCUT2D eigenvalue weighted by Gasteiger charge is -2.11. The van der Waals surface area contributed by atoms with E-state index >= 15 is 0 Å². The molecule has 0 bridgehead atoms. The molecule has 0 aliphatic carbocycles. The molecule has 0 amide bonds. The number of rotatable bonds is 6. The average Bonchev–Trinajstić information content (AvgIpc) is 3.05. The largest absolute Gasteiger partial charge is 0.485 e. The Balaban J connectivity index is 1.77. The molecule has 1 aromatic carbocycles. The summed E-state index contributed by atoms with van der Waals surface area (Å²) in [4.78, 5) is 9.73. The number of hydrogen-bond acceptors (Lipinski definition) is 6. The van der Waals surface area contributed by atoms with Gasteiger partial charge in [-0.3, -0.25) is 0 Å². The first kappa shape index (κ1) is 16.8. The van der Waals surface area contributed by atoms with E-state index in [4.69, 9.17) is 4.74 Å². The molecule has 6 heteroatoms. The molecular formula is C18H19N3OS2. The van der Waals surface area contributed by atoms with Crippen LogP contribution in [0.15, 0.2) is 52.9 Å². The van der Waals surface area contributed by atoms with Crippen LogP contribution < -0.4 is 10.1 Å². The van der Waals surface area contributed by atoms with Crippen molar-refractivity contribution in [3.8, 4) is 5.75 Å². The van der Waals surface area contributed by atoms with Gasteiger partial charge in [0.1, 0.15) is 6.61 Å². The van der Waals surface area contributed by atoms with Crippen molar-refractivity contribution >= 4 is 34.9 Å². The molecule has 4 nitrogen and oxygen atoms in total. The third kappa shape index (κ3) is 4.27. The van der Waals surface area contributed by atoms with Gasteiger partial charge >= 0.3 is 0 Å². The van der Waals surface area contributed by atoms with Crippen LogP contribution in [0.4, 0.5) is 10.9 Å². The van der Waals surface area contributed by atoms with Gasteiger partial charge in [0.25, 0.3) is 0 Å². The minimum Gasteiger partial charge on any atom is -0.485 e. The molecule has 3 aromatic rings. The smallest absolute Gasteiger partial charge is 0.188 e. The Bertz CT molecular complexity index is 803. The maximum Gasteiger partial charge on any atom is 0.188 e. The fraction of sp³-hybridized carbons (Fsp3) is 0.222. The highest BCUT2D eigenvalue weighted by atomic mass is 32.1. The zero-order valence-corrected chi connectivity index (χ0v) is 15.3. The fourth-order valence-corrected chi connectivity index (χ4v) is 3.13. The van der Waals surface area contributed by atoms with Gasteiger partial charge in [-0.05, 0) is 17.5 Å². The van der Waals surface area contributed by atoms with Crippen molar-refractivity contribution in [1.82, 2.24) is 9.97 Å². The van der Waals surface area contributed by atoms with Gasteiger partial charge in [-0.15, -0.1) is 24.0 Å². The second-order valence-electron chi connectivity index (χ2n) is 5.67. The van der Waals surface area contributed by atoms with Crippen molar-refractivity contribution in [3.63, 3.8) is 0 Å². The number of thiazole rings is 1. The Morgan fingerprint density at radius 3 is 2.75 bits per heavy atom. The van der Waals surface area contributed by atoms with Crippen LogP contribution in [0.5, 0.6) is 5.75 Å². The maximum absolute atomic E-state index is 5.93. The summed E-state index contributed by atoms with van der Waals surface area (Å²) in [5.41, 5.74) is 2.17. The Labute approximate surface area is 151 Å². The summed E-state index contributed by atoms with van der Waals surface area (Å²) >= 11 is 5.92. The number of benzene rings is 1. The Morgan fingerprint density at radius 2 is 2.04 bits per heavy atom. The number of nitrogens with zero attached hydrogens (tertiary/aromatic N) is 2. The van der Waals surface area contributed by atoms with Gasteiger partial charge in [0.2, 0.25) is 0 Å². The van der Waals surface area contributed by atoms with Gasteiger partial charge in [0, 0.05) is 16.5 Å². The van der Waals surface area contributed by atoms with Crippen molar-refractivity contribution in [2.75, 3.05) is 5.32 Å². The molecule has 1 N–H and O–H groups in total. The minimum atomic E-state index is 0.401. The first-order valence-corrected chi connectivity index (χ1v) is 9.02. The summed E-state index contributed by atoms with van der Waals surface area (Å²) in [6.07, 6.45) is 1.69. The lowest BCUT2D eigenvalue weighted by molar-refractivity contribution is 0.306. The summed E-state index contributed by atoms with van der Waals surface area (Å²) in [6.45, 7) is 4.73. The molecule has 0 radical (unpaired) electrons. The predicted octanol–water partition coefficient (Wildman–Crippen LogP) is 5.27. The van der Waals surface area contributed by atoms with E-state index in [0.29, 0.717) is 24.1 Å². The summed E-state index contributed by atoms with van der Waals surface area (Å²) in [5.74, 6) is 1.71. The molecule has 0 saturated carbocycles. The first-order valence-electron chi connectivity index (χ1n) is 7.70. The standard InChI is InChI=1S/C18H19N3OS2/c1-12(2)15-11-24-18(20-15)21-17-16(8-14(23)9-19-17)22-10-13-6-4-3-5-7-13/h3-9,11-12,23H,10H2,1-2H3,(H,19,20,21). The van der Waals surface area contributed by atoms with Crippen LogP contribution in [0.1, 0.15) is 31.0 Å². The Kier molecular flexibility index (Phi) is 5.37. The lowest BCUT2D eigenvalue weighted by atomic mass is 10.2. The van der Waals surface area contributed by atoms with Crippen LogP contribution in [-0.2, 0) is 6.61 Å². The quantitative estimate of drug-likeness (QED) is 0.590. The highest BCUT2D eigenvalue weighted by molar-refractivity contribution is 7.80. The third-order valence-electron chi connectivity index (χ3n) is 3.41. The van der Waals surface area contributed by atoms with Crippen LogP contribution in [-0.4, -0.2) is 9.97 Å². The fourth-order valence-electron chi connectivity index (χ4n) is 2.08. The minimum absolute atomic E-state index is 0.401. The van der Waals surface area contributed by atoms with E-state index in [9.17, 15) is 0 Å². The SMILES string of the molecule is CC(C)c1csc(Nc2ncc(S)cc2OCc2ccccc2)n1. The number of anilines is 2. The molecule has 24 heavy (non-hydrogen) atoms. The summed E-state index contributed by atoms with van der Waals surface area (Å²) in [7, 11) is 0. The van der Waals surface area contributed by atoms with Crippen LogP contribution >= 0.6 is 24.0 Å². The van der Waals surface area contributed by atoms with Crippen LogP contribution in [0.25, 0.3) is 0 Å². The maximum atomic E-state index is 5.93. The summed E-state index contributed by atoms with van der Waals surface area (Å²) in [6, 6.07) is 11.9. The molecule has 2 heterocycles. The van der Waals surface area contributed by atoms with Crippen LogP contribution in [0.3, 0.4) is 0 Å². The molecular weight excluding hydrogens is 338 g/mol. The Morgan fingerprint density at radius 1 is 1.25 bits per heavy atom. The number of nitrogens with one attached hydrogen (secondary N) is 1. The molecule has 0 fully saturated rings. The predicted molar refractivity (Wildman–Crippen MR) is 102 cm³/mol. The van der Waals surface area contributed by atoms with Gasteiger partial charge < -0.3 is 10.1 Å². The number of aromatic nitrogens is 2. The zero-order chi connectivity index (χ0) is 16.9. The molecule has 0 aliphatic rings. The highest BCUT2D eigenvalue weighted by Crippen LogP contribution is 2.30. The van der Waals surface area contributed by atoms with Crippen molar-refractivity contribution in [2.24, 2.45) is 0 Å². The molecule has 124 valence electrons. The number of thiol groups is 1. The van der Waals surface area contributed by atoms with E-state index in [2.05, 4.69) is 47.1 Å². The van der Waals surface area contributed by atoms with E-state index in [1.54, 1.807) is 17.5 Å². The van der Waals surface area contributed by atoms with Crippen LogP contribution in [0, 0.1) is 0 Å². The average molecular weight is 358 g/mol. The normalized spacial score (nSPS) is 10.8. The molecule has 0 atom stereocenters. The van der Waals surface area contributed by atoms with Crippen molar-refractivity contribution in [2.45, 2.75) is 31.3 Å². The van der Waals surface area contributed by atoms with Crippen molar-refractivity contribution in [3.05, 3.63) is 59.2 Å². The van der Waals surface area contributed by atoms with Gasteiger partial charge in [-0.1, -0.05) is 44.2 Å². The van der Waals surface area contributed by atoms with E-state index < -0.39 is 0 Å². The van der Waals surface area contributed by atoms with E-state index in [0.717, 1.165) is 21.3 Å². The van der Waals surface area contributed by atoms with E-state index in [-0.39, 0.29) is 0 Å². The molecule has 3 rings (SSSR count). The van der Waals surface area contributed by atoms with E-state index in [1.165, 1.54) is 0 Å². The number of hydrogen-bond donors (Lipinski definition) is 2. The second kappa shape index (κ2) is 7.68. The van der Waals surface area contributed by atoms with Crippen molar-refractivity contribution < 1.29 is 4.74 Å². The first-order chi connectivity index (χ1) is 11.6. The number of pyridine rings is 1. The highest BCUT2D eigenvalue weighted by Gasteiger charge is 2.11. The van der Waals surface area contributed by atoms with Gasteiger partial charge in [-0.2, -0.15) is 0 Å². The summed E-state index contributed by atoms with van der Waals surface area (Å²) in [5, 5.41) is 6.12. The number of ether oxygens (including phenoxy) is 1. The Hall–Kier alpha value is -2.05.